The molecule has 0 N–H and O–H groups in total. The molecule has 0 amide bonds. The van der Waals surface area contributed by atoms with Crippen LogP contribution in [0.2, 0.25) is 0 Å². The van der Waals surface area contributed by atoms with Crippen LogP contribution in [0.4, 0.5) is 0 Å². The number of aromatic nitrogens is 3. The molecule has 2 aromatic carbocycles. The smallest absolute Gasteiger partial charge is 0.163 e. The molecular weight excluding hydrogens is 326 g/mol. The summed E-state index contributed by atoms with van der Waals surface area (Å²) in [5.41, 5.74) is 8.10. The van der Waals surface area contributed by atoms with Crippen molar-refractivity contribution in [1.29, 1.82) is 0 Å². The number of hydrogen-bond donors (Lipinski definition) is 1. The summed E-state index contributed by atoms with van der Waals surface area (Å²) in [5.74, 6) is 2.15. The van der Waals surface area contributed by atoms with Crippen molar-refractivity contribution in [2.24, 2.45) is 0 Å². The standard InChI is InChI=1S/C21H23N3S/c1-11-7-17(8-12(2)15(11)5)20-22-16(6)23-21(24-20)18-9-13(3)19(25)14(4)10-18/h7-10,25H,1-6H3. The van der Waals surface area contributed by atoms with Crippen LogP contribution in [0.15, 0.2) is 29.2 Å². The van der Waals surface area contributed by atoms with Gasteiger partial charge in [0.1, 0.15) is 5.82 Å². The first kappa shape index (κ1) is 17.6. The lowest BCUT2D eigenvalue weighted by atomic mass is 10.0. The van der Waals surface area contributed by atoms with Crippen LogP contribution in [0.3, 0.4) is 0 Å². The molecule has 0 aliphatic heterocycles. The molecule has 0 atom stereocenters. The van der Waals surface area contributed by atoms with Gasteiger partial charge in [-0.25, -0.2) is 15.0 Å². The summed E-state index contributed by atoms with van der Waals surface area (Å²) < 4.78 is 0. The number of rotatable bonds is 2. The Hall–Kier alpha value is -2.20. The van der Waals surface area contributed by atoms with Crippen molar-refractivity contribution >= 4 is 12.6 Å². The summed E-state index contributed by atoms with van der Waals surface area (Å²) >= 11 is 4.55. The van der Waals surface area contributed by atoms with E-state index in [0.717, 1.165) is 38.8 Å². The Labute approximate surface area is 155 Å². The van der Waals surface area contributed by atoms with Gasteiger partial charge in [-0.1, -0.05) is 0 Å². The van der Waals surface area contributed by atoms with Crippen LogP contribution < -0.4 is 0 Å². The van der Waals surface area contributed by atoms with E-state index in [-0.39, 0.29) is 0 Å². The van der Waals surface area contributed by atoms with Gasteiger partial charge in [-0.3, -0.25) is 0 Å². The highest BCUT2D eigenvalue weighted by molar-refractivity contribution is 7.80. The molecule has 3 rings (SSSR count). The fourth-order valence-electron chi connectivity index (χ4n) is 2.99. The Morgan fingerprint density at radius 2 is 1.00 bits per heavy atom. The Morgan fingerprint density at radius 1 is 0.600 bits per heavy atom. The molecule has 1 heterocycles. The molecule has 3 nitrogen and oxygen atoms in total. The molecule has 0 spiro atoms. The van der Waals surface area contributed by atoms with E-state index in [4.69, 9.17) is 4.98 Å². The van der Waals surface area contributed by atoms with E-state index in [9.17, 15) is 0 Å². The van der Waals surface area contributed by atoms with Gasteiger partial charge in [0, 0.05) is 16.0 Å². The lowest BCUT2D eigenvalue weighted by Crippen LogP contribution is -2.01. The highest BCUT2D eigenvalue weighted by Gasteiger charge is 2.12. The molecule has 0 aliphatic rings. The Balaban J connectivity index is 2.17. The summed E-state index contributed by atoms with van der Waals surface area (Å²) in [6, 6.07) is 8.46. The molecule has 128 valence electrons. The van der Waals surface area contributed by atoms with Crippen molar-refractivity contribution in [2.45, 2.75) is 46.4 Å². The van der Waals surface area contributed by atoms with Crippen molar-refractivity contribution < 1.29 is 0 Å². The fraction of sp³-hybridized carbons (Fsp3) is 0.286. The van der Waals surface area contributed by atoms with Crippen LogP contribution in [0, 0.1) is 41.5 Å². The van der Waals surface area contributed by atoms with Crippen LogP contribution in [-0.2, 0) is 0 Å². The number of hydrogen-bond acceptors (Lipinski definition) is 4. The van der Waals surface area contributed by atoms with Gasteiger partial charge in [0.05, 0.1) is 0 Å². The van der Waals surface area contributed by atoms with Crippen LogP contribution in [0.5, 0.6) is 0 Å². The third-order valence-electron chi connectivity index (χ3n) is 4.68. The normalized spacial score (nSPS) is 11.0. The van der Waals surface area contributed by atoms with Crippen LogP contribution in [0.1, 0.15) is 33.6 Å². The molecule has 0 unspecified atom stereocenters. The third kappa shape index (κ3) is 3.45. The van der Waals surface area contributed by atoms with Gasteiger partial charge in [-0.05, 0) is 93.6 Å². The molecule has 0 radical (unpaired) electrons. The van der Waals surface area contributed by atoms with Crippen molar-refractivity contribution in [3.05, 3.63) is 57.9 Å². The minimum Gasteiger partial charge on any atom is -0.213 e. The SMILES string of the molecule is Cc1nc(-c2cc(C)c(C)c(C)c2)nc(-c2cc(C)c(S)c(C)c2)n1. The quantitative estimate of drug-likeness (QED) is 0.634. The zero-order valence-electron chi connectivity index (χ0n) is 15.6. The second kappa shape index (κ2) is 6.60. The molecule has 0 aliphatic carbocycles. The van der Waals surface area contributed by atoms with Crippen LogP contribution in [-0.4, -0.2) is 15.0 Å². The molecule has 0 saturated carbocycles. The highest BCUT2D eigenvalue weighted by atomic mass is 32.1. The Bertz CT molecular complexity index is 855. The number of aryl methyl sites for hydroxylation is 5. The molecule has 4 heteroatoms. The van der Waals surface area contributed by atoms with Gasteiger partial charge in [0.25, 0.3) is 0 Å². The van der Waals surface area contributed by atoms with Gasteiger partial charge >= 0.3 is 0 Å². The molecule has 0 saturated heterocycles. The first-order valence-corrected chi connectivity index (χ1v) is 8.82. The zero-order valence-corrected chi connectivity index (χ0v) is 16.5. The average Bonchev–Trinajstić information content (AvgIpc) is 2.56. The first-order valence-electron chi connectivity index (χ1n) is 8.37. The fourth-order valence-corrected chi connectivity index (χ4v) is 3.12. The summed E-state index contributed by atoms with van der Waals surface area (Å²) in [4.78, 5) is 14.9. The van der Waals surface area contributed by atoms with Gasteiger partial charge in [0.2, 0.25) is 0 Å². The number of benzene rings is 2. The monoisotopic (exact) mass is 349 g/mol. The van der Waals surface area contributed by atoms with Crippen molar-refractivity contribution in [3.63, 3.8) is 0 Å². The summed E-state index contributed by atoms with van der Waals surface area (Å²) in [6.45, 7) is 12.4. The molecule has 3 aromatic rings. The van der Waals surface area contributed by atoms with Crippen molar-refractivity contribution in [2.75, 3.05) is 0 Å². The maximum atomic E-state index is 4.75. The van der Waals surface area contributed by atoms with E-state index < -0.39 is 0 Å². The van der Waals surface area contributed by atoms with E-state index >= 15 is 0 Å². The lowest BCUT2D eigenvalue weighted by molar-refractivity contribution is 0.988. The molecule has 0 fully saturated rings. The third-order valence-corrected chi connectivity index (χ3v) is 5.39. The minimum atomic E-state index is 0.706. The van der Waals surface area contributed by atoms with E-state index in [0.29, 0.717) is 5.82 Å². The second-order valence-corrected chi connectivity index (χ2v) is 7.17. The van der Waals surface area contributed by atoms with Crippen molar-refractivity contribution in [1.82, 2.24) is 15.0 Å². The average molecular weight is 350 g/mol. The van der Waals surface area contributed by atoms with Crippen molar-refractivity contribution in [3.8, 4) is 22.8 Å². The van der Waals surface area contributed by atoms with Gasteiger partial charge in [0.15, 0.2) is 11.6 Å². The van der Waals surface area contributed by atoms with Gasteiger partial charge in [-0.15, -0.1) is 12.6 Å². The Morgan fingerprint density at radius 3 is 1.44 bits per heavy atom. The Kier molecular flexibility index (Phi) is 4.65. The molecule has 25 heavy (non-hydrogen) atoms. The lowest BCUT2D eigenvalue weighted by Gasteiger charge is -2.11. The number of nitrogens with zero attached hydrogens (tertiary/aromatic N) is 3. The van der Waals surface area contributed by atoms with E-state index in [1.165, 1.54) is 16.7 Å². The van der Waals surface area contributed by atoms with Crippen LogP contribution in [0.25, 0.3) is 22.8 Å². The maximum absolute atomic E-state index is 4.75. The summed E-state index contributed by atoms with van der Waals surface area (Å²) in [5, 5.41) is 0. The maximum Gasteiger partial charge on any atom is 0.163 e. The second-order valence-electron chi connectivity index (χ2n) is 6.72. The summed E-state index contributed by atoms with van der Waals surface area (Å²) in [7, 11) is 0. The topological polar surface area (TPSA) is 38.7 Å². The first-order chi connectivity index (χ1) is 11.8. The largest absolute Gasteiger partial charge is 0.213 e. The zero-order chi connectivity index (χ0) is 18.3. The van der Waals surface area contributed by atoms with E-state index in [1.807, 2.05) is 6.92 Å². The number of thiol groups is 1. The summed E-state index contributed by atoms with van der Waals surface area (Å²) in [6.07, 6.45) is 0. The molecule has 0 bridgehead atoms. The van der Waals surface area contributed by atoms with E-state index in [1.54, 1.807) is 0 Å². The van der Waals surface area contributed by atoms with Gasteiger partial charge < -0.3 is 0 Å². The molecular formula is C21H23N3S. The minimum absolute atomic E-state index is 0.706. The predicted octanol–water partition coefficient (Wildman–Crippen LogP) is 5.34. The van der Waals surface area contributed by atoms with Gasteiger partial charge in [-0.2, -0.15) is 0 Å². The highest BCUT2D eigenvalue weighted by Crippen LogP contribution is 2.27. The van der Waals surface area contributed by atoms with E-state index in [2.05, 4.69) is 81.5 Å². The van der Waals surface area contributed by atoms with Crippen LogP contribution >= 0.6 is 12.6 Å². The molecule has 1 aromatic heterocycles. The predicted molar refractivity (Wildman–Crippen MR) is 106 cm³/mol.